The molecular formula is C30H44N2O5. The molecule has 37 heavy (non-hydrogen) atoms. The molecular weight excluding hydrogens is 468 g/mol. The number of carbonyl (C=O) groups excluding carboxylic acids is 1. The van der Waals surface area contributed by atoms with Gasteiger partial charge in [0.05, 0.1) is 6.54 Å². The molecule has 0 fully saturated rings. The lowest BCUT2D eigenvalue weighted by molar-refractivity contribution is -0.149. The Morgan fingerprint density at radius 1 is 0.946 bits per heavy atom. The molecule has 2 N–H and O–H groups in total. The van der Waals surface area contributed by atoms with E-state index in [1.165, 1.54) is 24.8 Å². The Bertz CT molecular complexity index is 967. The monoisotopic (exact) mass is 512 g/mol. The van der Waals surface area contributed by atoms with Crippen LogP contribution in [0.3, 0.4) is 0 Å². The largest absolute Gasteiger partial charge is 0.492 e. The number of aryl methyl sites for hydroxylation is 3. The fourth-order valence-corrected chi connectivity index (χ4v) is 4.41. The second-order valence-electron chi connectivity index (χ2n) is 9.58. The molecule has 1 atom stereocenters. The van der Waals surface area contributed by atoms with Crippen LogP contribution in [0.5, 0.6) is 5.75 Å². The van der Waals surface area contributed by atoms with Gasteiger partial charge in [-0.15, -0.1) is 0 Å². The van der Waals surface area contributed by atoms with Crippen LogP contribution in [0.2, 0.25) is 0 Å². The molecule has 0 bridgehead atoms. The summed E-state index contributed by atoms with van der Waals surface area (Å²) in [6.45, 7) is 11.9. The van der Waals surface area contributed by atoms with Crippen molar-refractivity contribution in [1.29, 1.82) is 0 Å². The highest BCUT2D eigenvalue weighted by Crippen LogP contribution is 2.22. The average Bonchev–Trinajstić information content (AvgIpc) is 2.85. The number of nitrogens with one attached hydrogen (secondary N) is 1. The fourth-order valence-electron chi connectivity index (χ4n) is 4.41. The minimum atomic E-state index is -0.966. The quantitative estimate of drug-likeness (QED) is 0.250. The summed E-state index contributed by atoms with van der Waals surface area (Å²) in [6.07, 6.45) is 5.07. The van der Waals surface area contributed by atoms with Gasteiger partial charge in [0.25, 0.3) is 0 Å². The average molecular weight is 513 g/mol. The van der Waals surface area contributed by atoms with Crippen molar-refractivity contribution in [3.8, 4) is 5.75 Å². The first-order valence-electron chi connectivity index (χ1n) is 13.4. The molecule has 0 heterocycles. The SMILES string of the molecule is CCCCCCCN(CCOc1ccc(CC(OCC)C(=O)O)cc1)C(=O)Nc1c(C)cc(C)cc1C. The number of urea groups is 1. The lowest BCUT2D eigenvalue weighted by Gasteiger charge is -2.24. The molecule has 0 saturated carbocycles. The van der Waals surface area contributed by atoms with E-state index in [1.54, 1.807) is 6.92 Å². The number of hydrogen-bond donors (Lipinski definition) is 2. The summed E-state index contributed by atoms with van der Waals surface area (Å²) in [5.74, 6) is -0.285. The number of anilines is 1. The normalized spacial score (nSPS) is 11.7. The van der Waals surface area contributed by atoms with E-state index >= 15 is 0 Å². The van der Waals surface area contributed by atoms with Crippen LogP contribution in [0.1, 0.15) is 68.2 Å². The molecule has 2 amide bonds. The highest BCUT2D eigenvalue weighted by atomic mass is 16.5. The van der Waals surface area contributed by atoms with E-state index < -0.39 is 12.1 Å². The number of unbranched alkanes of at least 4 members (excludes halogenated alkanes) is 4. The van der Waals surface area contributed by atoms with Crippen LogP contribution in [0.4, 0.5) is 10.5 Å². The molecule has 7 heteroatoms. The molecule has 0 saturated heterocycles. The molecule has 0 aliphatic rings. The van der Waals surface area contributed by atoms with Gasteiger partial charge in [0.2, 0.25) is 0 Å². The van der Waals surface area contributed by atoms with Crippen LogP contribution in [-0.4, -0.2) is 54.4 Å². The van der Waals surface area contributed by atoms with Crippen LogP contribution in [0.15, 0.2) is 36.4 Å². The van der Waals surface area contributed by atoms with Gasteiger partial charge in [0.15, 0.2) is 6.10 Å². The number of benzene rings is 2. The van der Waals surface area contributed by atoms with E-state index in [9.17, 15) is 14.7 Å². The summed E-state index contributed by atoms with van der Waals surface area (Å²) in [7, 11) is 0. The van der Waals surface area contributed by atoms with Gasteiger partial charge in [-0.1, -0.05) is 62.4 Å². The zero-order valence-electron chi connectivity index (χ0n) is 23.1. The number of aliphatic carboxylic acids is 1. The minimum absolute atomic E-state index is 0.111. The number of ether oxygens (including phenoxy) is 2. The predicted octanol–water partition coefficient (Wildman–Crippen LogP) is 6.53. The summed E-state index contributed by atoms with van der Waals surface area (Å²) in [4.78, 5) is 26.4. The molecule has 0 radical (unpaired) electrons. The van der Waals surface area contributed by atoms with Gasteiger partial charge in [0, 0.05) is 25.3 Å². The molecule has 204 valence electrons. The van der Waals surface area contributed by atoms with Gasteiger partial charge in [-0.05, 0) is 62.9 Å². The van der Waals surface area contributed by atoms with Gasteiger partial charge >= 0.3 is 12.0 Å². The van der Waals surface area contributed by atoms with Crippen LogP contribution in [0, 0.1) is 20.8 Å². The Morgan fingerprint density at radius 2 is 1.59 bits per heavy atom. The molecule has 0 aliphatic heterocycles. The zero-order chi connectivity index (χ0) is 27.2. The Kier molecular flexibility index (Phi) is 13.0. The van der Waals surface area contributed by atoms with Crippen LogP contribution in [0.25, 0.3) is 0 Å². The molecule has 2 aromatic carbocycles. The van der Waals surface area contributed by atoms with Crippen molar-refractivity contribution in [1.82, 2.24) is 4.90 Å². The van der Waals surface area contributed by atoms with Crippen molar-refractivity contribution in [2.24, 2.45) is 0 Å². The van der Waals surface area contributed by atoms with Crippen molar-refractivity contribution >= 4 is 17.7 Å². The topological polar surface area (TPSA) is 88.1 Å². The van der Waals surface area contributed by atoms with E-state index in [0.29, 0.717) is 38.5 Å². The highest BCUT2D eigenvalue weighted by Gasteiger charge is 2.18. The van der Waals surface area contributed by atoms with E-state index in [4.69, 9.17) is 9.47 Å². The molecule has 0 aliphatic carbocycles. The van der Waals surface area contributed by atoms with Gasteiger partial charge in [-0.3, -0.25) is 0 Å². The minimum Gasteiger partial charge on any atom is -0.492 e. The lowest BCUT2D eigenvalue weighted by Crippen LogP contribution is -2.39. The molecule has 1 unspecified atom stereocenters. The van der Waals surface area contributed by atoms with Crippen molar-refractivity contribution in [3.05, 3.63) is 58.7 Å². The summed E-state index contributed by atoms with van der Waals surface area (Å²) in [5, 5.41) is 12.4. The highest BCUT2D eigenvalue weighted by molar-refractivity contribution is 5.91. The molecule has 2 aromatic rings. The number of hydrogen-bond acceptors (Lipinski definition) is 4. The van der Waals surface area contributed by atoms with Crippen molar-refractivity contribution in [3.63, 3.8) is 0 Å². The number of carboxylic acids is 1. The van der Waals surface area contributed by atoms with E-state index in [2.05, 4.69) is 31.3 Å². The van der Waals surface area contributed by atoms with Crippen LogP contribution in [-0.2, 0) is 16.0 Å². The first-order valence-corrected chi connectivity index (χ1v) is 13.4. The Labute approximate surface area is 222 Å². The van der Waals surface area contributed by atoms with Crippen LogP contribution < -0.4 is 10.1 Å². The third-order valence-electron chi connectivity index (χ3n) is 6.35. The second-order valence-corrected chi connectivity index (χ2v) is 9.58. The molecule has 2 rings (SSSR count). The molecule has 0 spiro atoms. The Hall–Kier alpha value is -3.06. The van der Waals surface area contributed by atoms with Gasteiger partial charge in [0.1, 0.15) is 12.4 Å². The fraction of sp³-hybridized carbons (Fsp3) is 0.533. The number of carbonyl (C=O) groups is 2. The predicted molar refractivity (Wildman–Crippen MR) is 149 cm³/mol. The van der Waals surface area contributed by atoms with Crippen LogP contribution >= 0.6 is 0 Å². The smallest absolute Gasteiger partial charge is 0.333 e. The van der Waals surface area contributed by atoms with Gasteiger partial charge < -0.3 is 24.8 Å². The summed E-state index contributed by atoms with van der Waals surface area (Å²) in [5.41, 5.74) is 5.02. The maximum absolute atomic E-state index is 13.2. The van der Waals surface area contributed by atoms with E-state index in [1.807, 2.05) is 43.0 Å². The van der Waals surface area contributed by atoms with E-state index in [0.717, 1.165) is 35.2 Å². The standard InChI is InChI=1S/C30H44N2O5/c1-6-8-9-10-11-16-32(30(35)31-28-23(4)19-22(3)20-24(28)5)17-18-37-26-14-12-25(13-15-26)21-27(29(33)34)36-7-2/h12-15,19-20,27H,6-11,16-18,21H2,1-5H3,(H,31,35)(H,33,34). The summed E-state index contributed by atoms with van der Waals surface area (Å²) in [6, 6.07) is 11.4. The first-order chi connectivity index (χ1) is 17.7. The summed E-state index contributed by atoms with van der Waals surface area (Å²) < 4.78 is 11.2. The number of nitrogens with zero attached hydrogens (tertiary/aromatic N) is 1. The van der Waals surface area contributed by atoms with E-state index in [-0.39, 0.29) is 6.03 Å². The number of carboxylic acid groups (broad SMARTS) is 1. The van der Waals surface area contributed by atoms with Crippen molar-refractivity contribution in [2.75, 3.05) is 31.6 Å². The molecule has 0 aromatic heterocycles. The van der Waals surface area contributed by atoms with Crippen molar-refractivity contribution in [2.45, 2.75) is 79.2 Å². The number of rotatable bonds is 16. The maximum Gasteiger partial charge on any atom is 0.333 e. The Morgan fingerprint density at radius 3 is 2.19 bits per heavy atom. The van der Waals surface area contributed by atoms with Gasteiger partial charge in [-0.2, -0.15) is 0 Å². The summed E-state index contributed by atoms with van der Waals surface area (Å²) >= 11 is 0. The maximum atomic E-state index is 13.2. The zero-order valence-corrected chi connectivity index (χ0v) is 23.1. The lowest BCUT2D eigenvalue weighted by atomic mass is 10.1. The first kappa shape index (κ1) is 30.2. The third kappa shape index (κ3) is 10.4. The third-order valence-corrected chi connectivity index (χ3v) is 6.35. The number of amides is 2. The second kappa shape index (κ2) is 15.9. The molecule has 7 nitrogen and oxygen atoms in total. The van der Waals surface area contributed by atoms with Gasteiger partial charge in [-0.25, -0.2) is 9.59 Å². The van der Waals surface area contributed by atoms with Crippen molar-refractivity contribution < 1.29 is 24.2 Å². The Balaban J connectivity index is 1.97.